The van der Waals surface area contributed by atoms with Gasteiger partial charge in [-0.3, -0.25) is 4.79 Å². The number of aliphatic hydroxyl groups is 1. The maximum atomic E-state index is 9.77. The number of ether oxygens (including phenoxy) is 2. The molecule has 2 rings (SSSR count). The molecule has 2 heterocycles. The number of hydrogen-bond acceptors (Lipinski definition) is 4. The minimum atomic E-state index is -0.811. The van der Waals surface area contributed by atoms with Crippen LogP contribution in [0.5, 0.6) is 0 Å². The summed E-state index contributed by atoms with van der Waals surface area (Å²) >= 11 is 0. The van der Waals surface area contributed by atoms with Gasteiger partial charge in [-0.2, -0.15) is 0 Å². The molecular weight excluding hydrogens is 312 g/mol. The van der Waals surface area contributed by atoms with Crippen molar-refractivity contribution in [1.82, 2.24) is 0 Å². The van der Waals surface area contributed by atoms with Crippen LogP contribution >= 0.6 is 0 Å². The number of carbonyl (C=O) groups excluding carboxylic acids is 1. The molecule has 96 valence electrons. The standard InChI is InChI=1S/C6H8O2.C3H4O2.C3H3.BrH.Mg/c1-2-3-6(7)4-8-5-6;4-3-1-5-2-3;1-3-2;;/h7H,4-5H2,1H3;1-2H2;1H3;1H;/q;;-1;;+2/p-1. The molecule has 0 amide bonds. The number of ketones is 1. The summed E-state index contributed by atoms with van der Waals surface area (Å²) in [6.45, 7) is 4.68. The summed E-state index contributed by atoms with van der Waals surface area (Å²) in [6, 6.07) is 0. The smallest absolute Gasteiger partial charge is 1.00 e. The van der Waals surface area contributed by atoms with Crippen molar-refractivity contribution in [3.8, 4) is 17.8 Å². The van der Waals surface area contributed by atoms with Gasteiger partial charge < -0.3 is 43.9 Å². The molecule has 0 aromatic rings. The third kappa shape index (κ3) is 11.0. The summed E-state index contributed by atoms with van der Waals surface area (Å²) in [4.78, 5) is 9.77. The van der Waals surface area contributed by atoms with E-state index in [1.807, 2.05) is 5.92 Å². The quantitative estimate of drug-likeness (QED) is 0.286. The monoisotopic (exact) mass is 326 g/mol. The molecule has 0 saturated carbocycles. The largest absolute Gasteiger partial charge is 2.00 e. The number of hydrogen-bond donors (Lipinski definition) is 1. The molecule has 4 nitrogen and oxygen atoms in total. The molecule has 18 heavy (non-hydrogen) atoms. The Bertz CT molecular complexity index is 317. The zero-order chi connectivity index (χ0) is 12.4. The Balaban J connectivity index is -0.000000198. The Morgan fingerprint density at radius 1 is 1.28 bits per heavy atom. The van der Waals surface area contributed by atoms with Crippen molar-refractivity contribution in [2.45, 2.75) is 19.4 Å². The summed E-state index contributed by atoms with van der Waals surface area (Å²) in [5.41, 5.74) is -0.811. The molecule has 0 atom stereocenters. The zero-order valence-corrected chi connectivity index (χ0v) is 13.6. The zero-order valence-electron chi connectivity index (χ0n) is 10.6. The van der Waals surface area contributed by atoms with Crippen LogP contribution in [0.4, 0.5) is 0 Å². The Labute approximate surface area is 135 Å². The first-order chi connectivity index (χ1) is 7.58. The molecule has 2 aliphatic rings. The first kappa shape index (κ1) is 23.0. The van der Waals surface area contributed by atoms with E-state index in [-0.39, 0.29) is 45.8 Å². The average Bonchev–Trinajstić information content (AvgIpc) is 2.15. The minimum absolute atomic E-state index is 0. The molecule has 0 aromatic heterocycles. The number of carbonyl (C=O) groups is 1. The summed E-state index contributed by atoms with van der Waals surface area (Å²) in [7, 11) is 0. The molecular formula is C12H15BrMgO4. The molecule has 2 fully saturated rings. The predicted molar refractivity (Wildman–Crippen MR) is 63.6 cm³/mol. The van der Waals surface area contributed by atoms with Gasteiger partial charge in [0.05, 0.1) is 13.2 Å². The number of halogens is 1. The SMILES string of the molecule is CC#CC1(O)COC1.O=C1COC1.[Br-].[C-]#CC.[Mg+2]. The third-order valence-corrected chi connectivity index (χ3v) is 1.57. The van der Waals surface area contributed by atoms with Crippen LogP contribution in [0.3, 0.4) is 0 Å². The van der Waals surface area contributed by atoms with Gasteiger partial charge >= 0.3 is 23.1 Å². The van der Waals surface area contributed by atoms with E-state index in [4.69, 9.17) is 16.3 Å². The van der Waals surface area contributed by atoms with Crippen molar-refractivity contribution in [2.75, 3.05) is 26.4 Å². The summed E-state index contributed by atoms with van der Waals surface area (Å²) in [5, 5.41) is 9.11. The van der Waals surface area contributed by atoms with Gasteiger partial charge in [-0.1, -0.05) is 5.92 Å². The van der Waals surface area contributed by atoms with Crippen LogP contribution in [0.2, 0.25) is 0 Å². The topological polar surface area (TPSA) is 55.8 Å². The van der Waals surface area contributed by atoms with Gasteiger partial charge in [-0.05, 0) is 13.8 Å². The van der Waals surface area contributed by atoms with Gasteiger partial charge in [0.25, 0.3) is 0 Å². The molecule has 0 bridgehead atoms. The molecule has 0 aromatic carbocycles. The van der Waals surface area contributed by atoms with E-state index in [0.717, 1.165) is 0 Å². The molecule has 0 unspecified atom stereocenters. The second kappa shape index (κ2) is 13.4. The summed E-state index contributed by atoms with van der Waals surface area (Å²) in [5.74, 6) is 7.48. The van der Waals surface area contributed by atoms with Crippen LogP contribution in [0.1, 0.15) is 13.8 Å². The van der Waals surface area contributed by atoms with Gasteiger partial charge in [0.1, 0.15) is 13.2 Å². The third-order valence-electron chi connectivity index (χ3n) is 1.57. The van der Waals surface area contributed by atoms with E-state index < -0.39 is 5.60 Å². The molecule has 0 radical (unpaired) electrons. The van der Waals surface area contributed by atoms with E-state index in [1.54, 1.807) is 13.8 Å². The first-order valence-electron chi connectivity index (χ1n) is 4.75. The predicted octanol–water partition coefficient (Wildman–Crippen LogP) is -3.42. The van der Waals surface area contributed by atoms with Crippen LogP contribution in [0.15, 0.2) is 0 Å². The molecule has 2 saturated heterocycles. The van der Waals surface area contributed by atoms with E-state index in [2.05, 4.69) is 16.6 Å². The fourth-order valence-electron chi connectivity index (χ4n) is 0.786. The molecule has 6 heteroatoms. The van der Waals surface area contributed by atoms with E-state index in [1.165, 1.54) is 0 Å². The normalized spacial score (nSPS) is 16.7. The second-order valence-corrected chi connectivity index (χ2v) is 3.18. The van der Waals surface area contributed by atoms with Crippen LogP contribution in [0, 0.1) is 24.2 Å². The maximum Gasteiger partial charge on any atom is 2.00 e. The summed E-state index contributed by atoms with van der Waals surface area (Å²) in [6.07, 6.45) is 5.96. The fraction of sp³-hybridized carbons (Fsp3) is 0.583. The Hall–Kier alpha value is -0.0838. The minimum Gasteiger partial charge on any atom is -1.00 e. The average molecular weight is 327 g/mol. The van der Waals surface area contributed by atoms with Crippen LogP contribution < -0.4 is 17.0 Å². The fourth-order valence-corrected chi connectivity index (χ4v) is 0.786. The van der Waals surface area contributed by atoms with Gasteiger partial charge in [-0.25, -0.2) is 0 Å². The van der Waals surface area contributed by atoms with Gasteiger partial charge in [0.2, 0.25) is 0 Å². The second-order valence-electron chi connectivity index (χ2n) is 3.18. The van der Waals surface area contributed by atoms with Gasteiger partial charge in [0.15, 0.2) is 11.4 Å². The van der Waals surface area contributed by atoms with Gasteiger partial charge in [0, 0.05) is 0 Å². The maximum absolute atomic E-state index is 9.77. The molecule has 0 aliphatic carbocycles. The van der Waals surface area contributed by atoms with Crippen molar-refractivity contribution in [3.05, 3.63) is 6.42 Å². The number of rotatable bonds is 0. The molecule has 0 spiro atoms. The molecule has 2 aliphatic heterocycles. The van der Waals surface area contributed by atoms with Crippen molar-refractivity contribution >= 4 is 28.8 Å². The Morgan fingerprint density at radius 2 is 1.67 bits per heavy atom. The summed E-state index contributed by atoms with van der Waals surface area (Å²) < 4.78 is 9.22. The van der Waals surface area contributed by atoms with Crippen molar-refractivity contribution in [2.24, 2.45) is 0 Å². The van der Waals surface area contributed by atoms with Crippen molar-refractivity contribution in [3.63, 3.8) is 0 Å². The van der Waals surface area contributed by atoms with Gasteiger partial charge in [-0.15, -0.1) is 5.92 Å². The van der Waals surface area contributed by atoms with Crippen LogP contribution in [-0.2, 0) is 14.3 Å². The van der Waals surface area contributed by atoms with E-state index in [9.17, 15) is 4.79 Å². The molecule has 1 N–H and O–H groups in total. The van der Waals surface area contributed by atoms with Crippen LogP contribution in [0.25, 0.3) is 0 Å². The van der Waals surface area contributed by atoms with E-state index in [0.29, 0.717) is 26.4 Å². The first-order valence-corrected chi connectivity index (χ1v) is 4.75. The van der Waals surface area contributed by atoms with Crippen molar-refractivity contribution in [1.29, 1.82) is 0 Å². The van der Waals surface area contributed by atoms with Crippen molar-refractivity contribution < 1.29 is 36.4 Å². The Kier molecular flexibility index (Phi) is 17.1. The number of Topliss-reactive ketones (excluding diaryl/α,β-unsaturated/α-hetero) is 1. The van der Waals surface area contributed by atoms with Crippen LogP contribution in [-0.4, -0.2) is 66.0 Å². The van der Waals surface area contributed by atoms with E-state index >= 15 is 0 Å². The Morgan fingerprint density at radius 3 is 1.72 bits per heavy atom.